The highest BCUT2D eigenvalue weighted by Gasteiger charge is 2.28. The van der Waals surface area contributed by atoms with Gasteiger partial charge in [-0.05, 0) is 67.7 Å². The third kappa shape index (κ3) is 4.72. The van der Waals surface area contributed by atoms with Crippen LogP contribution in [0.1, 0.15) is 44.0 Å². The lowest BCUT2D eigenvalue weighted by Gasteiger charge is -2.31. The summed E-state index contributed by atoms with van der Waals surface area (Å²) in [5.41, 5.74) is 0.618. The van der Waals surface area contributed by atoms with Gasteiger partial charge in [-0.3, -0.25) is 9.59 Å². The first-order valence-corrected chi connectivity index (χ1v) is 9.13. The molecular weight excluding hydrogens is 374 g/mol. The largest absolute Gasteiger partial charge is 0.490 e. The normalized spacial score (nSPS) is 15.5. The molecule has 1 aliphatic heterocycles. The van der Waals surface area contributed by atoms with Crippen LogP contribution in [0.5, 0.6) is 5.75 Å². The fourth-order valence-electron chi connectivity index (χ4n) is 2.74. The summed E-state index contributed by atoms with van der Waals surface area (Å²) >= 11 is 3.46. The summed E-state index contributed by atoms with van der Waals surface area (Å²) in [5.74, 6) is 0.460. The predicted molar refractivity (Wildman–Crippen MR) is 95.2 cm³/mol. The molecule has 24 heavy (non-hydrogen) atoms. The Morgan fingerprint density at radius 1 is 1.29 bits per heavy atom. The van der Waals surface area contributed by atoms with Crippen LogP contribution in [0, 0.1) is 5.92 Å². The van der Waals surface area contributed by atoms with E-state index in [1.54, 1.807) is 24.0 Å². The lowest BCUT2D eigenvalue weighted by molar-refractivity contribution is -0.149. The molecule has 0 aromatic heterocycles. The Hall–Kier alpha value is -1.56. The Morgan fingerprint density at radius 3 is 2.50 bits per heavy atom. The molecule has 1 saturated heterocycles. The van der Waals surface area contributed by atoms with Crippen molar-refractivity contribution in [3.8, 4) is 5.75 Å². The first-order valence-electron chi connectivity index (χ1n) is 8.34. The highest BCUT2D eigenvalue weighted by Crippen LogP contribution is 2.28. The van der Waals surface area contributed by atoms with Crippen molar-refractivity contribution in [2.24, 2.45) is 5.92 Å². The number of nitrogens with zero attached hydrogens (tertiary/aromatic N) is 1. The summed E-state index contributed by atoms with van der Waals surface area (Å²) in [6, 6.07) is 5.38. The van der Waals surface area contributed by atoms with E-state index in [9.17, 15) is 9.59 Å². The van der Waals surface area contributed by atoms with Gasteiger partial charge in [-0.15, -0.1) is 0 Å². The van der Waals surface area contributed by atoms with Gasteiger partial charge in [-0.2, -0.15) is 0 Å². The number of ether oxygens (including phenoxy) is 2. The molecule has 1 aromatic carbocycles. The van der Waals surface area contributed by atoms with Crippen molar-refractivity contribution in [1.82, 2.24) is 4.90 Å². The van der Waals surface area contributed by atoms with E-state index in [0.717, 1.165) is 10.2 Å². The molecule has 1 fully saturated rings. The van der Waals surface area contributed by atoms with E-state index in [-0.39, 0.29) is 23.9 Å². The van der Waals surface area contributed by atoms with Gasteiger partial charge in [0, 0.05) is 18.7 Å². The topological polar surface area (TPSA) is 55.8 Å². The highest BCUT2D eigenvalue weighted by molar-refractivity contribution is 9.10. The Morgan fingerprint density at radius 2 is 1.96 bits per heavy atom. The number of hydrogen-bond donors (Lipinski definition) is 0. The molecule has 0 atom stereocenters. The summed E-state index contributed by atoms with van der Waals surface area (Å²) < 4.78 is 11.5. The Labute approximate surface area is 151 Å². The number of rotatable bonds is 5. The third-order valence-corrected chi connectivity index (χ3v) is 4.56. The van der Waals surface area contributed by atoms with Crippen molar-refractivity contribution in [2.75, 3.05) is 19.7 Å². The zero-order chi connectivity index (χ0) is 17.7. The van der Waals surface area contributed by atoms with E-state index >= 15 is 0 Å². The molecule has 6 heteroatoms. The first kappa shape index (κ1) is 18.8. The van der Waals surface area contributed by atoms with E-state index in [2.05, 4.69) is 15.9 Å². The molecule has 1 heterocycles. The number of piperidine rings is 1. The minimum absolute atomic E-state index is 0.0193. The van der Waals surface area contributed by atoms with Crippen molar-refractivity contribution >= 4 is 27.8 Å². The van der Waals surface area contributed by atoms with Crippen LogP contribution in [0.2, 0.25) is 0 Å². The van der Waals surface area contributed by atoms with E-state index < -0.39 is 0 Å². The number of esters is 1. The Bertz CT molecular complexity index is 595. The molecule has 1 amide bonds. The van der Waals surface area contributed by atoms with Gasteiger partial charge in [0.05, 0.1) is 23.1 Å². The smallest absolute Gasteiger partial charge is 0.309 e. The molecule has 0 aliphatic carbocycles. The van der Waals surface area contributed by atoms with Crippen LogP contribution in [0.25, 0.3) is 0 Å². The van der Waals surface area contributed by atoms with Crippen LogP contribution in [0.3, 0.4) is 0 Å². The SMILES string of the molecule is CCOC(=O)C1CCN(C(=O)c2ccc(OC(C)C)c(Br)c2)CC1. The average molecular weight is 398 g/mol. The van der Waals surface area contributed by atoms with Gasteiger partial charge < -0.3 is 14.4 Å². The molecule has 2 rings (SSSR count). The molecule has 0 spiro atoms. The number of carbonyl (C=O) groups excluding carboxylic acids is 2. The fourth-order valence-corrected chi connectivity index (χ4v) is 3.22. The summed E-state index contributed by atoms with van der Waals surface area (Å²) in [6.45, 7) is 7.27. The molecular formula is C18H24BrNO4. The molecule has 132 valence electrons. The van der Waals surface area contributed by atoms with Gasteiger partial charge in [-0.1, -0.05) is 0 Å². The molecule has 5 nitrogen and oxygen atoms in total. The number of hydrogen-bond acceptors (Lipinski definition) is 4. The zero-order valence-corrected chi connectivity index (χ0v) is 16.0. The van der Waals surface area contributed by atoms with Crippen LogP contribution < -0.4 is 4.74 Å². The highest BCUT2D eigenvalue weighted by atomic mass is 79.9. The van der Waals surface area contributed by atoms with Crippen LogP contribution in [0.4, 0.5) is 0 Å². The predicted octanol–water partition coefficient (Wildman–Crippen LogP) is 3.65. The van der Waals surface area contributed by atoms with Gasteiger partial charge in [0.15, 0.2) is 0 Å². The number of halogens is 1. The summed E-state index contributed by atoms with van der Waals surface area (Å²) in [4.78, 5) is 26.2. The van der Waals surface area contributed by atoms with Gasteiger partial charge in [0.25, 0.3) is 5.91 Å². The van der Waals surface area contributed by atoms with Crippen molar-refractivity contribution in [1.29, 1.82) is 0 Å². The van der Waals surface area contributed by atoms with Gasteiger partial charge in [-0.25, -0.2) is 0 Å². The number of carbonyl (C=O) groups is 2. The van der Waals surface area contributed by atoms with Crippen molar-refractivity contribution in [3.63, 3.8) is 0 Å². The second-order valence-electron chi connectivity index (χ2n) is 6.13. The Kier molecular flexibility index (Phi) is 6.66. The molecule has 1 aliphatic rings. The van der Waals surface area contributed by atoms with E-state index in [1.807, 2.05) is 19.9 Å². The maximum absolute atomic E-state index is 12.6. The first-order chi connectivity index (χ1) is 11.4. The third-order valence-electron chi connectivity index (χ3n) is 3.94. The minimum Gasteiger partial charge on any atom is -0.490 e. The maximum atomic E-state index is 12.6. The summed E-state index contributed by atoms with van der Waals surface area (Å²) in [7, 11) is 0. The molecule has 0 unspecified atom stereocenters. The van der Waals surface area contributed by atoms with Gasteiger partial charge in [0.2, 0.25) is 0 Å². The van der Waals surface area contributed by atoms with E-state index in [1.165, 1.54) is 0 Å². The standard InChI is InChI=1S/C18H24BrNO4/c1-4-23-18(22)13-7-9-20(10-8-13)17(21)14-5-6-16(15(19)11-14)24-12(2)3/h5-6,11-13H,4,7-10H2,1-3H3. The van der Waals surface area contributed by atoms with E-state index in [0.29, 0.717) is 38.1 Å². The zero-order valence-electron chi connectivity index (χ0n) is 14.4. The van der Waals surface area contributed by atoms with Crippen molar-refractivity contribution < 1.29 is 19.1 Å². The van der Waals surface area contributed by atoms with Gasteiger partial charge in [0.1, 0.15) is 5.75 Å². The van der Waals surface area contributed by atoms with Crippen molar-refractivity contribution in [3.05, 3.63) is 28.2 Å². The molecule has 0 bridgehead atoms. The second-order valence-corrected chi connectivity index (χ2v) is 6.98. The number of likely N-dealkylation sites (tertiary alicyclic amines) is 1. The monoisotopic (exact) mass is 397 g/mol. The quantitative estimate of drug-likeness (QED) is 0.711. The minimum atomic E-state index is -0.150. The van der Waals surface area contributed by atoms with Crippen LogP contribution >= 0.6 is 15.9 Å². The lowest BCUT2D eigenvalue weighted by Crippen LogP contribution is -2.40. The van der Waals surface area contributed by atoms with Crippen LogP contribution in [0.15, 0.2) is 22.7 Å². The summed E-state index contributed by atoms with van der Waals surface area (Å²) in [6.07, 6.45) is 1.38. The lowest BCUT2D eigenvalue weighted by atomic mass is 9.96. The second kappa shape index (κ2) is 8.51. The molecule has 0 N–H and O–H groups in total. The van der Waals surface area contributed by atoms with Gasteiger partial charge >= 0.3 is 5.97 Å². The number of amides is 1. The maximum Gasteiger partial charge on any atom is 0.309 e. The molecule has 0 saturated carbocycles. The van der Waals surface area contributed by atoms with Crippen molar-refractivity contribution in [2.45, 2.75) is 39.7 Å². The summed E-state index contributed by atoms with van der Waals surface area (Å²) in [5, 5.41) is 0. The molecule has 0 radical (unpaired) electrons. The van der Waals surface area contributed by atoms with Crippen LogP contribution in [-0.4, -0.2) is 42.6 Å². The fraction of sp³-hybridized carbons (Fsp3) is 0.556. The van der Waals surface area contributed by atoms with E-state index in [4.69, 9.17) is 9.47 Å². The Balaban J connectivity index is 1.98. The average Bonchev–Trinajstić information content (AvgIpc) is 2.56. The number of benzene rings is 1. The molecule has 1 aromatic rings. The van der Waals surface area contributed by atoms with Crippen LogP contribution in [-0.2, 0) is 9.53 Å².